The van der Waals surface area contributed by atoms with E-state index in [9.17, 15) is 14.4 Å². The van der Waals surface area contributed by atoms with Crippen LogP contribution >= 0.6 is 0 Å². The van der Waals surface area contributed by atoms with E-state index < -0.39 is 11.4 Å². The Morgan fingerprint density at radius 3 is 2.34 bits per heavy atom. The molecule has 0 aromatic carbocycles. The van der Waals surface area contributed by atoms with Crippen molar-refractivity contribution in [2.24, 2.45) is 44.8 Å². The summed E-state index contributed by atoms with van der Waals surface area (Å²) >= 11 is 0. The number of nitrogens with zero attached hydrogens (tertiary/aromatic N) is 2. The van der Waals surface area contributed by atoms with E-state index in [0.29, 0.717) is 0 Å². The molecule has 0 N–H and O–H groups in total. The lowest BCUT2D eigenvalue weighted by molar-refractivity contribution is -0.174. The Hall–Kier alpha value is -2.44. The van der Waals surface area contributed by atoms with E-state index in [-0.39, 0.29) is 56.6 Å². The van der Waals surface area contributed by atoms with Crippen molar-refractivity contribution in [1.29, 1.82) is 0 Å². The molecule has 1 heterocycles. The van der Waals surface area contributed by atoms with Crippen LogP contribution in [0.5, 0.6) is 0 Å². The van der Waals surface area contributed by atoms with Crippen LogP contribution in [-0.2, 0) is 31.0 Å². The molecule has 224 valence electrons. The van der Waals surface area contributed by atoms with Crippen LogP contribution in [0.15, 0.2) is 17.8 Å². The highest BCUT2D eigenvalue weighted by molar-refractivity contribution is 5.96. The molecule has 0 radical (unpaired) electrons. The van der Waals surface area contributed by atoms with Crippen molar-refractivity contribution in [3.63, 3.8) is 0 Å². The molecule has 1 aromatic rings. The number of ketones is 1. The lowest BCUT2D eigenvalue weighted by atomic mass is 9.33. The molecule has 0 aliphatic heterocycles. The summed E-state index contributed by atoms with van der Waals surface area (Å²) < 4.78 is 5.28. The summed E-state index contributed by atoms with van der Waals surface area (Å²) in [4.78, 5) is 45.9. The average molecular weight is 565 g/mol. The predicted octanol–water partition coefficient (Wildman–Crippen LogP) is 6.03. The number of esters is 1. The van der Waals surface area contributed by atoms with Crippen LogP contribution in [0, 0.1) is 44.8 Å². The molecule has 8 atom stereocenters. The van der Waals surface area contributed by atoms with Crippen molar-refractivity contribution in [3.8, 4) is 0 Å². The van der Waals surface area contributed by atoms with Gasteiger partial charge in [0.05, 0.1) is 24.4 Å². The molecule has 7 heteroatoms. The standard InChI is InChI=1S/C34H48N2O5/c1-20(37)41-36-19-21-17-32(6)25(29(2,3)27(21)35-36)10-11-34(8)26(32)24(38)16-22-23-18-31(5,28(39)40-9)13-12-30(23,4)14-15-33(22,34)7/h16,19,23,25-26H,10-15,17-18H2,1-9H3/t23-,25+,26-,30-,31+,32+,33-,34-/m1/s1. The van der Waals surface area contributed by atoms with Gasteiger partial charge in [0.1, 0.15) is 0 Å². The number of fused-ring (bicyclic) bond motifs is 8. The smallest absolute Gasteiger partial charge is 0.331 e. The summed E-state index contributed by atoms with van der Waals surface area (Å²) in [5.74, 6) is 0.0846. The van der Waals surface area contributed by atoms with E-state index in [1.807, 2.05) is 6.20 Å². The summed E-state index contributed by atoms with van der Waals surface area (Å²) in [6.07, 6.45) is 11.4. The molecule has 0 unspecified atom stereocenters. The SMILES string of the molecule is COC(=O)[C@@]1(C)CC[C@]2(C)CC[C@]3(C)C(=CC(=O)[C@@H]4[C@@]5(C)Cc6cn(OC(C)=O)nc6C(C)(C)[C@@H]5CC[C@]43C)[C@H]2C1. The minimum absolute atomic E-state index is 0.0937. The van der Waals surface area contributed by atoms with Crippen LogP contribution in [-0.4, -0.2) is 34.8 Å². The fraction of sp³-hybridized carbons (Fsp3) is 0.765. The highest BCUT2D eigenvalue weighted by atomic mass is 16.7. The Balaban J connectivity index is 1.45. The number of carbonyl (C=O) groups is 3. The minimum Gasteiger partial charge on any atom is -0.469 e. The first kappa shape index (κ1) is 28.7. The average Bonchev–Trinajstić information content (AvgIpc) is 3.27. The van der Waals surface area contributed by atoms with Gasteiger partial charge in [0.15, 0.2) is 5.78 Å². The van der Waals surface area contributed by atoms with E-state index >= 15 is 0 Å². The molecule has 6 rings (SSSR count). The lowest BCUT2D eigenvalue weighted by Gasteiger charge is -2.69. The van der Waals surface area contributed by atoms with Gasteiger partial charge < -0.3 is 9.57 Å². The largest absolute Gasteiger partial charge is 0.469 e. The number of rotatable bonds is 2. The topological polar surface area (TPSA) is 87.5 Å². The zero-order valence-electron chi connectivity index (χ0n) is 26.5. The van der Waals surface area contributed by atoms with Crippen LogP contribution in [0.4, 0.5) is 0 Å². The summed E-state index contributed by atoms with van der Waals surface area (Å²) in [7, 11) is 1.49. The van der Waals surface area contributed by atoms with E-state index in [4.69, 9.17) is 14.7 Å². The third-order valence-electron chi connectivity index (χ3n) is 13.6. The predicted molar refractivity (Wildman–Crippen MR) is 155 cm³/mol. The number of carbonyl (C=O) groups excluding carboxylic acids is 3. The zero-order valence-corrected chi connectivity index (χ0v) is 26.5. The van der Waals surface area contributed by atoms with Gasteiger partial charge in [-0.2, -0.15) is 0 Å². The van der Waals surface area contributed by atoms with Gasteiger partial charge in [-0.15, -0.1) is 5.10 Å². The quantitative estimate of drug-likeness (QED) is 0.408. The van der Waals surface area contributed by atoms with E-state index in [1.54, 1.807) is 0 Å². The van der Waals surface area contributed by atoms with Gasteiger partial charge in [-0.1, -0.05) is 52.0 Å². The van der Waals surface area contributed by atoms with Crippen molar-refractivity contribution in [2.75, 3.05) is 7.11 Å². The molecular formula is C34H48N2O5. The monoisotopic (exact) mass is 564 g/mol. The third-order valence-corrected chi connectivity index (χ3v) is 13.6. The fourth-order valence-corrected chi connectivity index (χ4v) is 11.2. The molecule has 0 amide bonds. The number of hydrogen-bond donors (Lipinski definition) is 0. The van der Waals surface area contributed by atoms with Crippen molar-refractivity contribution in [3.05, 3.63) is 29.1 Å². The number of ether oxygens (including phenoxy) is 1. The molecule has 41 heavy (non-hydrogen) atoms. The Kier molecular flexibility index (Phi) is 5.99. The lowest BCUT2D eigenvalue weighted by Crippen LogP contribution is -2.66. The molecule has 3 saturated carbocycles. The van der Waals surface area contributed by atoms with Gasteiger partial charge in [0, 0.05) is 18.3 Å². The van der Waals surface area contributed by atoms with Crippen LogP contribution in [0.1, 0.15) is 112 Å². The third kappa shape index (κ3) is 3.62. The second kappa shape index (κ2) is 8.57. The van der Waals surface area contributed by atoms with Crippen LogP contribution in [0.25, 0.3) is 0 Å². The van der Waals surface area contributed by atoms with Crippen LogP contribution in [0.3, 0.4) is 0 Å². The Labute approximate surface area is 244 Å². The maximum atomic E-state index is 14.6. The molecule has 0 spiro atoms. The normalized spacial score (nSPS) is 44.3. The second-order valence-corrected chi connectivity index (χ2v) is 16.1. The van der Waals surface area contributed by atoms with Gasteiger partial charge in [0.2, 0.25) is 0 Å². The maximum Gasteiger partial charge on any atom is 0.331 e. The molecule has 1 aromatic heterocycles. The van der Waals surface area contributed by atoms with E-state index in [2.05, 4.69) is 54.5 Å². The molecule has 5 aliphatic carbocycles. The summed E-state index contributed by atoms with van der Waals surface area (Å²) in [6.45, 7) is 17.5. The number of methoxy groups -OCH3 is 1. The number of allylic oxidation sites excluding steroid dienone is 2. The van der Waals surface area contributed by atoms with Crippen LogP contribution in [0.2, 0.25) is 0 Å². The van der Waals surface area contributed by atoms with E-state index in [1.165, 1.54) is 24.5 Å². The molecule has 0 bridgehead atoms. The van der Waals surface area contributed by atoms with Crippen molar-refractivity contribution in [2.45, 2.75) is 112 Å². The second-order valence-electron chi connectivity index (χ2n) is 16.1. The van der Waals surface area contributed by atoms with Gasteiger partial charge in [-0.25, -0.2) is 4.79 Å². The first-order chi connectivity index (χ1) is 18.9. The molecule has 5 aliphatic rings. The van der Waals surface area contributed by atoms with Gasteiger partial charge in [0.25, 0.3) is 0 Å². The molecule has 0 saturated heterocycles. The van der Waals surface area contributed by atoms with Crippen molar-refractivity contribution in [1.82, 2.24) is 9.94 Å². The summed E-state index contributed by atoms with van der Waals surface area (Å²) in [5.41, 5.74) is 2.08. The van der Waals surface area contributed by atoms with Gasteiger partial charge in [-0.3, -0.25) is 9.59 Å². The van der Waals surface area contributed by atoms with Crippen molar-refractivity contribution < 1.29 is 24.0 Å². The maximum absolute atomic E-state index is 14.6. The highest BCUT2D eigenvalue weighted by Gasteiger charge is 2.70. The molecule has 3 fully saturated rings. The van der Waals surface area contributed by atoms with Gasteiger partial charge >= 0.3 is 11.9 Å². The van der Waals surface area contributed by atoms with Crippen LogP contribution < -0.4 is 4.84 Å². The molecule has 7 nitrogen and oxygen atoms in total. The zero-order chi connectivity index (χ0) is 30.0. The summed E-state index contributed by atoms with van der Waals surface area (Å²) in [5, 5.41) is 4.71. The Bertz CT molecular complexity index is 1370. The van der Waals surface area contributed by atoms with Crippen molar-refractivity contribution >= 4 is 17.7 Å². The summed E-state index contributed by atoms with van der Waals surface area (Å²) in [6, 6.07) is 0. The first-order valence-electron chi connectivity index (χ1n) is 15.6. The van der Waals surface area contributed by atoms with E-state index in [0.717, 1.165) is 62.6 Å². The Morgan fingerprint density at radius 2 is 1.68 bits per heavy atom. The Morgan fingerprint density at radius 1 is 1.00 bits per heavy atom. The number of aromatic nitrogens is 2. The minimum atomic E-state index is -0.519. The molecular weight excluding hydrogens is 516 g/mol. The fourth-order valence-electron chi connectivity index (χ4n) is 11.2. The van der Waals surface area contributed by atoms with Gasteiger partial charge in [-0.05, 0) is 103 Å². The highest BCUT2D eigenvalue weighted by Crippen LogP contribution is 2.74. The first-order valence-corrected chi connectivity index (χ1v) is 15.6. The number of hydrogen-bond acceptors (Lipinski definition) is 6.